The topological polar surface area (TPSA) is 38.3 Å². The molecule has 0 spiro atoms. The predicted molar refractivity (Wildman–Crippen MR) is 65.9 cm³/mol. The van der Waals surface area contributed by atoms with Crippen molar-refractivity contribution in [3.63, 3.8) is 0 Å². The van der Waals surface area contributed by atoms with Crippen molar-refractivity contribution >= 4 is 23.4 Å². The van der Waals surface area contributed by atoms with Crippen molar-refractivity contribution < 1.29 is 9.53 Å². The Labute approximate surface area is 101 Å². The Bertz CT molecular complexity index is 342. The van der Waals surface area contributed by atoms with Gasteiger partial charge in [-0.15, -0.1) is 0 Å². The van der Waals surface area contributed by atoms with Crippen LogP contribution in [0.15, 0.2) is 24.3 Å². The van der Waals surface area contributed by atoms with Gasteiger partial charge in [0.25, 0.3) is 0 Å². The highest BCUT2D eigenvalue weighted by molar-refractivity contribution is 6.33. The molecule has 0 fully saturated rings. The number of halogens is 1. The summed E-state index contributed by atoms with van der Waals surface area (Å²) in [6.45, 7) is 2.55. The Morgan fingerprint density at radius 1 is 1.38 bits per heavy atom. The molecule has 3 nitrogen and oxygen atoms in total. The molecule has 0 saturated heterocycles. The predicted octanol–water partition coefficient (Wildman–Crippen LogP) is 4.08. The molecule has 0 saturated carbocycles. The summed E-state index contributed by atoms with van der Waals surface area (Å²) in [7, 11) is 0. The third-order valence-electron chi connectivity index (χ3n) is 2.09. The van der Waals surface area contributed by atoms with Crippen LogP contribution in [0.4, 0.5) is 10.5 Å². The lowest BCUT2D eigenvalue weighted by Crippen LogP contribution is -2.14. The van der Waals surface area contributed by atoms with Crippen LogP contribution in [0, 0.1) is 0 Å². The number of unbranched alkanes of at least 4 members (excludes halogenated alkanes) is 2. The van der Waals surface area contributed by atoms with Gasteiger partial charge >= 0.3 is 6.09 Å². The van der Waals surface area contributed by atoms with Crippen LogP contribution in [-0.4, -0.2) is 12.7 Å². The first-order valence-corrected chi connectivity index (χ1v) is 5.80. The van der Waals surface area contributed by atoms with E-state index in [-0.39, 0.29) is 0 Å². The standard InChI is InChI=1S/C12H16ClNO2/c1-2-3-6-9-16-12(15)14-11-8-5-4-7-10(11)13/h4-5,7-8H,2-3,6,9H2,1H3,(H,14,15). The van der Waals surface area contributed by atoms with Crippen molar-refractivity contribution in [1.29, 1.82) is 0 Å². The van der Waals surface area contributed by atoms with Crippen LogP contribution in [0.5, 0.6) is 0 Å². The highest BCUT2D eigenvalue weighted by Crippen LogP contribution is 2.20. The summed E-state index contributed by atoms with van der Waals surface area (Å²) in [5.74, 6) is 0. The zero-order valence-corrected chi connectivity index (χ0v) is 10.1. The second-order valence-corrected chi connectivity index (χ2v) is 3.86. The minimum absolute atomic E-state index is 0.449. The normalized spacial score (nSPS) is 9.88. The van der Waals surface area contributed by atoms with Crippen molar-refractivity contribution in [3.8, 4) is 0 Å². The molecule has 0 aromatic heterocycles. The first-order chi connectivity index (χ1) is 7.74. The maximum absolute atomic E-state index is 11.3. The minimum atomic E-state index is -0.454. The van der Waals surface area contributed by atoms with Gasteiger partial charge in [0.1, 0.15) is 0 Å². The van der Waals surface area contributed by atoms with E-state index in [1.165, 1.54) is 0 Å². The monoisotopic (exact) mass is 241 g/mol. The van der Waals surface area contributed by atoms with Crippen LogP contribution in [0.25, 0.3) is 0 Å². The van der Waals surface area contributed by atoms with Gasteiger partial charge in [0.2, 0.25) is 0 Å². The van der Waals surface area contributed by atoms with Crippen molar-refractivity contribution in [2.45, 2.75) is 26.2 Å². The number of rotatable bonds is 5. The molecule has 88 valence electrons. The second-order valence-electron chi connectivity index (χ2n) is 3.45. The molecule has 0 bridgehead atoms. The fourth-order valence-corrected chi connectivity index (χ4v) is 1.41. The Kier molecular flexibility index (Phi) is 5.72. The average Bonchev–Trinajstić information content (AvgIpc) is 2.28. The first kappa shape index (κ1) is 12.8. The Hall–Kier alpha value is -1.22. The van der Waals surface area contributed by atoms with Gasteiger partial charge < -0.3 is 4.74 Å². The highest BCUT2D eigenvalue weighted by Gasteiger charge is 2.05. The maximum Gasteiger partial charge on any atom is 0.411 e. The van der Waals surface area contributed by atoms with E-state index in [2.05, 4.69) is 12.2 Å². The lowest BCUT2D eigenvalue weighted by Gasteiger charge is -2.07. The van der Waals surface area contributed by atoms with Crippen LogP contribution in [-0.2, 0) is 4.74 Å². The fraction of sp³-hybridized carbons (Fsp3) is 0.417. The number of nitrogens with one attached hydrogen (secondary N) is 1. The first-order valence-electron chi connectivity index (χ1n) is 5.42. The molecule has 1 N–H and O–H groups in total. The number of carbonyl (C=O) groups excluding carboxylic acids is 1. The summed E-state index contributed by atoms with van der Waals surface area (Å²) in [5.41, 5.74) is 0.574. The van der Waals surface area contributed by atoms with Crippen LogP contribution in [0.2, 0.25) is 5.02 Å². The molecule has 1 rings (SSSR count). The van der Waals surface area contributed by atoms with Gasteiger partial charge in [0.15, 0.2) is 0 Å². The smallest absolute Gasteiger partial charge is 0.411 e. The zero-order valence-electron chi connectivity index (χ0n) is 9.33. The Morgan fingerprint density at radius 3 is 2.81 bits per heavy atom. The van der Waals surface area contributed by atoms with E-state index in [0.29, 0.717) is 17.3 Å². The summed E-state index contributed by atoms with van der Waals surface area (Å²) in [6.07, 6.45) is 2.62. The quantitative estimate of drug-likeness (QED) is 0.789. The summed E-state index contributed by atoms with van der Waals surface area (Å²) in [6, 6.07) is 7.06. The number of carbonyl (C=O) groups is 1. The fourth-order valence-electron chi connectivity index (χ4n) is 1.23. The third kappa shape index (κ3) is 4.53. The van der Waals surface area contributed by atoms with E-state index in [1.54, 1.807) is 24.3 Å². The number of benzene rings is 1. The van der Waals surface area contributed by atoms with E-state index in [1.807, 2.05) is 0 Å². The van der Waals surface area contributed by atoms with Crippen molar-refractivity contribution in [2.75, 3.05) is 11.9 Å². The molecule has 16 heavy (non-hydrogen) atoms. The van der Waals surface area contributed by atoms with Gasteiger partial charge in [0, 0.05) is 0 Å². The van der Waals surface area contributed by atoms with Gasteiger partial charge in [0.05, 0.1) is 17.3 Å². The molecule has 0 aliphatic heterocycles. The molecular weight excluding hydrogens is 226 g/mol. The molecule has 0 aliphatic rings. The summed E-state index contributed by atoms with van der Waals surface area (Å²) >= 11 is 5.88. The summed E-state index contributed by atoms with van der Waals surface area (Å²) < 4.78 is 4.99. The van der Waals surface area contributed by atoms with Gasteiger partial charge in [-0.2, -0.15) is 0 Å². The van der Waals surface area contributed by atoms with E-state index in [0.717, 1.165) is 19.3 Å². The number of anilines is 1. The minimum Gasteiger partial charge on any atom is -0.449 e. The van der Waals surface area contributed by atoms with Gasteiger partial charge in [-0.1, -0.05) is 43.5 Å². The molecular formula is C12H16ClNO2. The molecule has 1 aromatic rings. The number of ether oxygens (including phenoxy) is 1. The van der Waals surface area contributed by atoms with Crippen LogP contribution in [0.1, 0.15) is 26.2 Å². The van der Waals surface area contributed by atoms with Crippen molar-refractivity contribution in [2.24, 2.45) is 0 Å². The number of hydrogen-bond acceptors (Lipinski definition) is 2. The highest BCUT2D eigenvalue weighted by atomic mass is 35.5. The zero-order chi connectivity index (χ0) is 11.8. The van der Waals surface area contributed by atoms with Crippen LogP contribution in [0.3, 0.4) is 0 Å². The van der Waals surface area contributed by atoms with E-state index >= 15 is 0 Å². The molecule has 0 aliphatic carbocycles. The van der Waals surface area contributed by atoms with E-state index < -0.39 is 6.09 Å². The molecule has 0 unspecified atom stereocenters. The molecule has 0 atom stereocenters. The van der Waals surface area contributed by atoms with Gasteiger partial charge in [-0.05, 0) is 18.6 Å². The van der Waals surface area contributed by atoms with Crippen molar-refractivity contribution in [3.05, 3.63) is 29.3 Å². The number of hydrogen-bond donors (Lipinski definition) is 1. The lowest BCUT2D eigenvalue weighted by molar-refractivity contribution is 0.159. The molecule has 4 heteroatoms. The largest absolute Gasteiger partial charge is 0.449 e. The lowest BCUT2D eigenvalue weighted by atomic mass is 10.3. The summed E-state index contributed by atoms with van der Waals surface area (Å²) in [4.78, 5) is 11.3. The van der Waals surface area contributed by atoms with E-state index in [4.69, 9.17) is 16.3 Å². The second kappa shape index (κ2) is 7.12. The average molecular weight is 242 g/mol. The third-order valence-corrected chi connectivity index (χ3v) is 2.42. The molecule has 0 heterocycles. The Morgan fingerprint density at radius 2 is 2.12 bits per heavy atom. The van der Waals surface area contributed by atoms with Crippen molar-refractivity contribution in [1.82, 2.24) is 0 Å². The van der Waals surface area contributed by atoms with Crippen LogP contribution < -0.4 is 5.32 Å². The van der Waals surface area contributed by atoms with Gasteiger partial charge in [-0.25, -0.2) is 4.79 Å². The maximum atomic E-state index is 11.3. The summed E-state index contributed by atoms with van der Waals surface area (Å²) in [5, 5.41) is 3.10. The number of para-hydroxylation sites is 1. The van der Waals surface area contributed by atoms with Crippen LogP contribution >= 0.6 is 11.6 Å². The molecule has 1 aromatic carbocycles. The SMILES string of the molecule is CCCCCOC(=O)Nc1ccccc1Cl. The van der Waals surface area contributed by atoms with E-state index in [9.17, 15) is 4.79 Å². The molecule has 0 radical (unpaired) electrons. The Balaban J connectivity index is 2.32. The number of amides is 1. The van der Waals surface area contributed by atoms with Gasteiger partial charge in [-0.3, -0.25) is 5.32 Å². The molecule has 1 amide bonds.